The van der Waals surface area contributed by atoms with Crippen LogP contribution in [0.15, 0.2) is 12.1 Å². The van der Waals surface area contributed by atoms with Gasteiger partial charge in [0.1, 0.15) is 11.5 Å². The highest BCUT2D eigenvalue weighted by Crippen LogP contribution is 2.22. The fraction of sp³-hybridized carbons (Fsp3) is 0.385. The van der Waals surface area contributed by atoms with E-state index in [2.05, 4.69) is 5.32 Å². The van der Waals surface area contributed by atoms with Crippen molar-refractivity contribution in [3.05, 3.63) is 29.1 Å². The third kappa shape index (κ3) is 4.03. The third-order valence-electron chi connectivity index (χ3n) is 2.49. The molecule has 4 N–H and O–H groups in total. The lowest BCUT2D eigenvalue weighted by atomic mass is 10.0. The van der Waals surface area contributed by atoms with Gasteiger partial charge in [0.05, 0.1) is 5.60 Å². The highest BCUT2D eigenvalue weighted by Gasteiger charge is 2.19. The summed E-state index contributed by atoms with van der Waals surface area (Å²) in [4.78, 5) is 10.9. The Hall–Kier alpha value is -1.95. The summed E-state index contributed by atoms with van der Waals surface area (Å²) in [5.74, 6) is -1.89. The summed E-state index contributed by atoms with van der Waals surface area (Å²) in [6, 6.07) is 2.44. The van der Waals surface area contributed by atoms with E-state index in [4.69, 9.17) is 10.5 Å². The van der Waals surface area contributed by atoms with Crippen molar-refractivity contribution in [2.24, 2.45) is 0 Å². The van der Waals surface area contributed by atoms with Crippen LogP contribution in [-0.4, -0.2) is 34.0 Å². The molecule has 0 amide bonds. The number of hydrogen-bond acceptors (Lipinski definition) is 4. The van der Waals surface area contributed by atoms with Gasteiger partial charge in [0.25, 0.3) is 0 Å². The number of hydrogen-bond donors (Lipinski definition) is 4. The monoisotopic (exact) mass is 268 g/mol. The normalized spacial score (nSPS) is 11.2. The van der Waals surface area contributed by atoms with E-state index < -0.39 is 23.1 Å². The lowest BCUT2D eigenvalue weighted by Gasteiger charge is -2.20. The van der Waals surface area contributed by atoms with Gasteiger partial charge in [-0.1, -0.05) is 0 Å². The van der Waals surface area contributed by atoms with E-state index in [0.29, 0.717) is 0 Å². The molecule has 0 aliphatic carbocycles. The van der Waals surface area contributed by atoms with Crippen molar-refractivity contribution >= 4 is 17.4 Å². The molecule has 0 aromatic heterocycles. The minimum absolute atomic E-state index is 0.0932. The molecule has 0 unspecified atom stereocenters. The van der Waals surface area contributed by atoms with E-state index in [0.717, 1.165) is 6.07 Å². The van der Waals surface area contributed by atoms with E-state index >= 15 is 0 Å². The Balaban J connectivity index is 3.17. The van der Waals surface area contributed by atoms with Gasteiger partial charge in [-0.25, -0.2) is 9.18 Å². The molecule has 0 aliphatic heterocycles. The van der Waals surface area contributed by atoms with E-state index in [9.17, 15) is 14.3 Å². The molecule has 0 radical (unpaired) electrons. The molecule has 0 spiro atoms. The Morgan fingerprint density at radius 2 is 2.05 bits per heavy atom. The number of aryl methyl sites for hydroxylation is 1. The fourth-order valence-corrected chi connectivity index (χ4v) is 1.46. The summed E-state index contributed by atoms with van der Waals surface area (Å²) in [5.41, 5.74) is -1.13. The largest absolute Gasteiger partial charge is 0.477 e. The summed E-state index contributed by atoms with van der Waals surface area (Å²) >= 11 is 0. The van der Waals surface area contributed by atoms with Crippen molar-refractivity contribution in [2.45, 2.75) is 26.4 Å². The van der Waals surface area contributed by atoms with Crippen LogP contribution in [0.4, 0.5) is 10.1 Å². The molecule has 0 heterocycles. The van der Waals surface area contributed by atoms with Crippen molar-refractivity contribution in [3.8, 4) is 0 Å². The second-order valence-corrected chi connectivity index (χ2v) is 4.99. The summed E-state index contributed by atoms with van der Waals surface area (Å²) in [7, 11) is 0. The quantitative estimate of drug-likeness (QED) is 0.612. The standard InChI is InChI=1S/C13H17FN2O3/c1-7-4-8(11(15)12(17)18)10(5-9(7)14)16-6-13(2,3)19/h4-5,15-16,19H,6H2,1-3H3,(H,17,18). The minimum Gasteiger partial charge on any atom is -0.477 e. The van der Waals surface area contributed by atoms with Gasteiger partial charge in [-0.05, 0) is 38.5 Å². The molecular formula is C13H17FN2O3. The predicted octanol–water partition coefficient (Wildman–Crippen LogP) is 1.77. The number of carboxylic acids is 1. The number of nitrogens with one attached hydrogen (secondary N) is 2. The summed E-state index contributed by atoms with van der Waals surface area (Å²) < 4.78 is 13.5. The molecule has 0 bridgehead atoms. The Bertz CT molecular complexity index is 521. The number of carboxylic acid groups (broad SMARTS) is 1. The van der Waals surface area contributed by atoms with Crippen LogP contribution in [0.2, 0.25) is 0 Å². The van der Waals surface area contributed by atoms with Crippen molar-refractivity contribution in [1.82, 2.24) is 0 Å². The first-order chi connectivity index (χ1) is 8.61. The molecular weight excluding hydrogens is 251 g/mol. The molecule has 1 rings (SSSR count). The lowest BCUT2D eigenvalue weighted by Crippen LogP contribution is -2.30. The SMILES string of the molecule is Cc1cc(C(=N)C(=O)O)c(NCC(C)(C)O)cc1F. The summed E-state index contributed by atoms with van der Waals surface area (Å²) in [6.45, 7) is 4.72. The van der Waals surface area contributed by atoms with Crippen LogP contribution >= 0.6 is 0 Å². The number of benzene rings is 1. The molecule has 6 heteroatoms. The molecule has 0 saturated carbocycles. The topological polar surface area (TPSA) is 93.4 Å². The van der Waals surface area contributed by atoms with Crippen LogP contribution in [0.3, 0.4) is 0 Å². The predicted molar refractivity (Wildman–Crippen MR) is 70.4 cm³/mol. The number of rotatable bonds is 5. The van der Waals surface area contributed by atoms with E-state index in [1.54, 1.807) is 13.8 Å². The number of aliphatic hydroxyl groups is 1. The first-order valence-corrected chi connectivity index (χ1v) is 5.70. The fourth-order valence-electron chi connectivity index (χ4n) is 1.46. The van der Waals surface area contributed by atoms with E-state index in [1.165, 1.54) is 13.0 Å². The maximum Gasteiger partial charge on any atom is 0.354 e. The average molecular weight is 268 g/mol. The molecule has 0 aliphatic rings. The van der Waals surface area contributed by atoms with Crippen molar-refractivity contribution in [2.75, 3.05) is 11.9 Å². The van der Waals surface area contributed by atoms with Gasteiger partial charge in [-0.3, -0.25) is 5.41 Å². The number of aliphatic carboxylic acids is 1. The Labute approximate surface area is 110 Å². The van der Waals surface area contributed by atoms with Crippen LogP contribution in [0.1, 0.15) is 25.0 Å². The van der Waals surface area contributed by atoms with Gasteiger partial charge in [0.2, 0.25) is 0 Å². The Kier molecular flexibility index (Phi) is 4.26. The summed E-state index contributed by atoms with van der Waals surface area (Å²) in [5, 5.41) is 28.7. The van der Waals surface area contributed by atoms with Gasteiger partial charge < -0.3 is 15.5 Å². The highest BCUT2D eigenvalue weighted by molar-refractivity contribution is 6.42. The molecule has 0 atom stereocenters. The van der Waals surface area contributed by atoms with Crippen LogP contribution in [0.25, 0.3) is 0 Å². The zero-order valence-corrected chi connectivity index (χ0v) is 11.0. The smallest absolute Gasteiger partial charge is 0.354 e. The number of anilines is 1. The Morgan fingerprint density at radius 3 is 2.53 bits per heavy atom. The van der Waals surface area contributed by atoms with Gasteiger partial charge in [0.15, 0.2) is 0 Å². The molecule has 104 valence electrons. The molecule has 19 heavy (non-hydrogen) atoms. The maximum absolute atomic E-state index is 13.5. The molecule has 1 aromatic rings. The zero-order chi connectivity index (χ0) is 14.8. The highest BCUT2D eigenvalue weighted by atomic mass is 19.1. The molecule has 1 aromatic carbocycles. The second-order valence-electron chi connectivity index (χ2n) is 4.99. The van der Waals surface area contributed by atoms with Gasteiger partial charge in [-0.15, -0.1) is 0 Å². The lowest BCUT2D eigenvalue weighted by molar-refractivity contribution is -0.129. The van der Waals surface area contributed by atoms with Crippen molar-refractivity contribution < 1.29 is 19.4 Å². The molecule has 0 saturated heterocycles. The van der Waals surface area contributed by atoms with Crippen LogP contribution < -0.4 is 5.32 Å². The molecule has 0 fully saturated rings. The van der Waals surface area contributed by atoms with Crippen LogP contribution in [-0.2, 0) is 4.79 Å². The second kappa shape index (κ2) is 5.36. The number of carbonyl (C=O) groups is 1. The van der Waals surface area contributed by atoms with Gasteiger partial charge in [0, 0.05) is 17.8 Å². The van der Waals surface area contributed by atoms with Crippen molar-refractivity contribution in [3.63, 3.8) is 0 Å². The van der Waals surface area contributed by atoms with E-state index in [-0.39, 0.29) is 23.4 Å². The molecule has 5 nitrogen and oxygen atoms in total. The first-order valence-electron chi connectivity index (χ1n) is 5.70. The Morgan fingerprint density at radius 1 is 1.47 bits per heavy atom. The minimum atomic E-state index is -1.39. The number of halogens is 1. The average Bonchev–Trinajstić information content (AvgIpc) is 2.28. The summed E-state index contributed by atoms with van der Waals surface area (Å²) in [6.07, 6.45) is 0. The first kappa shape index (κ1) is 15.1. The van der Waals surface area contributed by atoms with Crippen molar-refractivity contribution in [1.29, 1.82) is 5.41 Å². The van der Waals surface area contributed by atoms with Crippen LogP contribution in [0.5, 0.6) is 0 Å². The van der Waals surface area contributed by atoms with Gasteiger partial charge >= 0.3 is 5.97 Å². The van der Waals surface area contributed by atoms with Crippen LogP contribution in [0, 0.1) is 18.2 Å². The van der Waals surface area contributed by atoms with E-state index in [1.807, 2.05) is 0 Å². The van der Waals surface area contributed by atoms with Gasteiger partial charge in [-0.2, -0.15) is 0 Å². The maximum atomic E-state index is 13.5. The zero-order valence-electron chi connectivity index (χ0n) is 11.0. The third-order valence-corrected chi connectivity index (χ3v) is 2.49.